The molecule has 0 saturated carbocycles. The summed E-state index contributed by atoms with van der Waals surface area (Å²) in [7, 11) is 0. The molecule has 1 atom stereocenters. The minimum Gasteiger partial charge on any atom is -0.449 e. The predicted octanol–water partition coefficient (Wildman–Crippen LogP) is 0.435. The largest absolute Gasteiger partial charge is 0.449 e. The third-order valence-electron chi connectivity index (χ3n) is 2.39. The highest BCUT2D eigenvalue weighted by atomic mass is 16.6. The number of β-amino-alcohol motifs (C(OH)–C–C–N with tert-alkyl or cyclic N) is 1. The highest BCUT2D eigenvalue weighted by molar-refractivity contribution is 5.67. The van der Waals surface area contributed by atoms with Gasteiger partial charge >= 0.3 is 6.09 Å². The summed E-state index contributed by atoms with van der Waals surface area (Å²) in [5, 5.41) is 12.7. The molecule has 1 fully saturated rings. The topological polar surface area (TPSA) is 61.8 Å². The summed E-state index contributed by atoms with van der Waals surface area (Å²) in [5.74, 6) is 0.338. The summed E-state index contributed by atoms with van der Waals surface area (Å²) in [6.45, 7) is 6.78. The van der Waals surface area contributed by atoms with Crippen molar-refractivity contribution in [1.29, 1.82) is 0 Å². The van der Waals surface area contributed by atoms with Crippen molar-refractivity contribution in [3.05, 3.63) is 0 Å². The standard InChI is InChI=1S/C11H22N2O3/c1-9(2)8-16-11(15)13-5-3-4-12-6-10(14)7-13/h9-10,12,14H,3-8H2,1-2H3. The molecule has 5 heteroatoms. The van der Waals surface area contributed by atoms with E-state index in [9.17, 15) is 9.90 Å². The molecule has 0 aromatic heterocycles. The number of nitrogens with one attached hydrogen (secondary N) is 1. The molecule has 5 nitrogen and oxygen atoms in total. The molecule has 1 unspecified atom stereocenters. The molecule has 0 aromatic rings. The van der Waals surface area contributed by atoms with Crippen LogP contribution in [0, 0.1) is 5.92 Å². The van der Waals surface area contributed by atoms with Crippen molar-refractivity contribution in [1.82, 2.24) is 10.2 Å². The van der Waals surface area contributed by atoms with Gasteiger partial charge in [0.25, 0.3) is 0 Å². The number of ether oxygens (including phenoxy) is 1. The summed E-state index contributed by atoms with van der Waals surface area (Å²) in [5.41, 5.74) is 0. The first-order valence-corrected chi connectivity index (χ1v) is 5.90. The molecule has 94 valence electrons. The Hall–Kier alpha value is -0.810. The van der Waals surface area contributed by atoms with Crippen molar-refractivity contribution in [3.63, 3.8) is 0 Å². The lowest BCUT2D eigenvalue weighted by Gasteiger charge is -2.27. The SMILES string of the molecule is CC(C)COC(=O)N1CCCNCC(O)C1. The first-order chi connectivity index (χ1) is 7.59. The quantitative estimate of drug-likeness (QED) is 0.722. The fourth-order valence-corrected chi connectivity index (χ4v) is 1.57. The van der Waals surface area contributed by atoms with Gasteiger partial charge in [-0.1, -0.05) is 13.8 Å². The van der Waals surface area contributed by atoms with E-state index >= 15 is 0 Å². The van der Waals surface area contributed by atoms with Crippen molar-refractivity contribution < 1.29 is 14.6 Å². The van der Waals surface area contributed by atoms with Crippen LogP contribution in [-0.4, -0.2) is 55.0 Å². The van der Waals surface area contributed by atoms with Crippen molar-refractivity contribution in [3.8, 4) is 0 Å². The Kier molecular flexibility index (Phi) is 5.55. The molecule has 1 aliphatic rings. The van der Waals surface area contributed by atoms with Crippen molar-refractivity contribution >= 4 is 6.09 Å². The van der Waals surface area contributed by atoms with Gasteiger partial charge in [-0.3, -0.25) is 0 Å². The fraction of sp³-hybridized carbons (Fsp3) is 0.909. The molecule has 1 rings (SSSR count). The average molecular weight is 230 g/mol. The van der Waals surface area contributed by atoms with Crippen LogP contribution in [-0.2, 0) is 4.74 Å². The Bertz CT molecular complexity index is 221. The summed E-state index contributed by atoms with van der Waals surface area (Å²) in [4.78, 5) is 13.3. The Morgan fingerprint density at radius 3 is 3.06 bits per heavy atom. The van der Waals surface area contributed by atoms with Gasteiger partial charge in [0, 0.05) is 13.1 Å². The maximum atomic E-state index is 11.7. The number of nitrogens with zero attached hydrogens (tertiary/aromatic N) is 1. The highest BCUT2D eigenvalue weighted by Crippen LogP contribution is 2.03. The Morgan fingerprint density at radius 1 is 1.62 bits per heavy atom. The summed E-state index contributed by atoms with van der Waals surface area (Å²) in [6.07, 6.45) is 0.0744. The zero-order valence-corrected chi connectivity index (χ0v) is 10.1. The zero-order chi connectivity index (χ0) is 12.0. The van der Waals surface area contributed by atoms with Crippen LogP contribution in [0.4, 0.5) is 4.79 Å². The molecule has 1 amide bonds. The van der Waals surface area contributed by atoms with Gasteiger partial charge < -0.3 is 20.1 Å². The molecule has 1 aliphatic heterocycles. The molecule has 2 N–H and O–H groups in total. The number of aliphatic hydroxyl groups is 1. The van der Waals surface area contributed by atoms with Crippen LogP contribution in [0.5, 0.6) is 0 Å². The number of amides is 1. The number of aliphatic hydroxyl groups excluding tert-OH is 1. The smallest absolute Gasteiger partial charge is 0.409 e. The van der Waals surface area contributed by atoms with E-state index < -0.39 is 6.10 Å². The van der Waals surface area contributed by atoms with Crippen LogP contribution >= 0.6 is 0 Å². The van der Waals surface area contributed by atoms with E-state index in [2.05, 4.69) is 5.32 Å². The zero-order valence-electron chi connectivity index (χ0n) is 10.1. The summed E-state index contributed by atoms with van der Waals surface area (Å²) < 4.78 is 5.14. The first-order valence-electron chi connectivity index (χ1n) is 5.90. The first kappa shape index (κ1) is 13.3. The van der Waals surface area contributed by atoms with E-state index in [0.29, 0.717) is 32.2 Å². The van der Waals surface area contributed by atoms with Gasteiger partial charge in [0.1, 0.15) is 0 Å². The van der Waals surface area contributed by atoms with Gasteiger partial charge in [0.15, 0.2) is 0 Å². The van der Waals surface area contributed by atoms with Gasteiger partial charge in [0.2, 0.25) is 0 Å². The van der Waals surface area contributed by atoms with E-state index in [1.807, 2.05) is 13.8 Å². The summed E-state index contributed by atoms with van der Waals surface area (Å²) >= 11 is 0. The maximum absolute atomic E-state index is 11.7. The van der Waals surface area contributed by atoms with Crippen LogP contribution < -0.4 is 5.32 Å². The Balaban J connectivity index is 2.38. The Morgan fingerprint density at radius 2 is 2.38 bits per heavy atom. The molecule has 0 spiro atoms. The third-order valence-corrected chi connectivity index (χ3v) is 2.39. The van der Waals surface area contributed by atoms with Crippen LogP contribution in [0.15, 0.2) is 0 Å². The van der Waals surface area contributed by atoms with Crippen LogP contribution in [0.2, 0.25) is 0 Å². The minimum absolute atomic E-state index is 0.311. The lowest BCUT2D eigenvalue weighted by molar-refractivity contribution is 0.0617. The monoisotopic (exact) mass is 230 g/mol. The molecule has 0 aliphatic carbocycles. The van der Waals surface area contributed by atoms with E-state index in [-0.39, 0.29) is 6.09 Å². The second kappa shape index (κ2) is 6.70. The van der Waals surface area contributed by atoms with Gasteiger partial charge in [0.05, 0.1) is 19.3 Å². The van der Waals surface area contributed by atoms with Crippen LogP contribution in [0.3, 0.4) is 0 Å². The van der Waals surface area contributed by atoms with Crippen LogP contribution in [0.25, 0.3) is 0 Å². The molecular weight excluding hydrogens is 208 g/mol. The minimum atomic E-state index is -0.508. The molecular formula is C11H22N2O3. The molecule has 0 radical (unpaired) electrons. The van der Waals surface area contributed by atoms with Crippen molar-refractivity contribution in [2.24, 2.45) is 5.92 Å². The average Bonchev–Trinajstić information content (AvgIpc) is 2.19. The normalized spacial score (nSPS) is 22.8. The second-order valence-corrected chi connectivity index (χ2v) is 4.63. The van der Waals surface area contributed by atoms with Crippen molar-refractivity contribution in [2.45, 2.75) is 26.4 Å². The lowest BCUT2D eigenvalue weighted by Crippen LogP contribution is -2.45. The van der Waals surface area contributed by atoms with Gasteiger partial charge in [-0.2, -0.15) is 0 Å². The Labute approximate surface area is 96.8 Å². The van der Waals surface area contributed by atoms with Gasteiger partial charge in [-0.25, -0.2) is 4.79 Å². The molecule has 0 aromatic carbocycles. The van der Waals surface area contributed by atoms with E-state index in [0.717, 1.165) is 13.0 Å². The van der Waals surface area contributed by atoms with E-state index in [1.165, 1.54) is 0 Å². The molecule has 1 heterocycles. The number of rotatable bonds is 2. The second-order valence-electron chi connectivity index (χ2n) is 4.63. The molecule has 0 bridgehead atoms. The highest BCUT2D eigenvalue weighted by Gasteiger charge is 2.20. The molecule has 1 saturated heterocycles. The van der Waals surface area contributed by atoms with Gasteiger partial charge in [-0.15, -0.1) is 0 Å². The summed E-state index contributed by atoms with van der Waals surface area (Å²) in [6, 6.07) is 0. The van der Waals surface area contributed by atoms with Crippen molar-refractivity contribution in [2.75, 3.05) is 32.8 Å². The lowest BCUT2D eigenvalue weighted by atomic mass is 10.2. The van der Waals surface area contributed by atoms with Gasteiger partial charge in [-0.05, 0) is 18.9 Å². The number of carbonyl (C=O) groups is 1. The fourth-order valence-electron chi connectivity index (χ4n) is 1.57. The van der Waals surface area contributed by atoms with Crippen LogP contribution in [0.1, 0.15) is 20.3 Å². The predicted molar refractivity (Wildman–Crippen MR) is 61.3 cm³/mol. The number of carbonyl (C=O) groups excluding carboxylic acids is 1. The van der Waals surface area contributed by atoms with E-state index in [4.69, 9.17) is 4.74 Å². The number of hydrogen-bond acceptors (Lipinski definition) is 4. The van der Waals surface area contributed by atoms with E-state index in [1.54, 1.807) is 4.90 Å². The maximum Gasteiger partial charge on any atom is 0.409 e. The molecule has 16 heavy (non-hydrogen) atoms. The third kappa shape index (κ3) is 4.81. The number of hydrogen-bond donors (Lipinski definition) is 2.